The molecular formula is C7H5F2NNa2O3S. The van der Waals surface area contributed by atoms with Gasteiger partial charge in [0, 0.05) is 0 Å². The van der Waals surface area contributed by atoms with Gasteiger partial charge in [0.2, 0.25) is 0 Å². The smallest absolute Gasteiger partial charge is 1.00 e. The standard InChI is InChI=1S/C7H5NO3S.2FH.2Na/c9-7-5-3-1-2-4-6(5)12(10,11)8-7;;;;/h1-4H,(H,8,9);2*1H;;/q;;;2*+1/p-2. The van der Waals surface area contributed by atoms with Crippen LogP contribution in [0.2, 0.25) is 0 Å². The van der Waals surface area contributed by atoms with Gasteiger partial charge in [0.05, 0.1) is 5.56 Å². The van der Waals surface area contributed by atoms with E-state index < -0.39 is 15.9 Å². The van der Waals surface area contributed by atoms with Crippen LogP contribution < -0.4 is 73.2 Å². The molecule has 1 aromatic carbocycles. The molecule has 78 valence electrons. The molecule has 0 saturated heterocycles. The number of hydrogen-bond donors (Lipinski definition) is 1. The Morgan fingerprint density at radius 3 is 2.00 bits per heavy atom. The third-order valence-electron chi connectivity index (χ3n) is 1.65. The number of benzene rings is 1. The molecule has 1 N–H and O–H groups in total. The molecule has 9 heteroatoms. The molecule has 4 nitrogen and oxygen atoms in total. The van der Waals surface area contributed by atoms with Crippen LogP contribution in [0.5, 0.6) is 0 Å². The fourth-order valence-electron chi connectivity index (χ4n) is 1.12. The summed E-state index contributed by atoms with van der Waals surface area (Å²) in [5.41, 5.74) is 0.220. The Hall–Kier alpha value is 0.500. The summed E-state index contributed by atoms with van der Waals surface area (Å²) in [6.07, 6.45) is 0. The van der Waals surface area contributed by atoms with Crippen molar-refractivity contribution in [2.24, 2.45) is 0 Å². The molecule has 0 spiro atoms. The van der Waals surface area contributed by atoms with E-state index in [1.165, 1.54) is 12.1 Å². The van der Waals surface area contributed by atoms with Crippen LogP contribution in [0.4, 0.5) is 0 Å². The van der Waals surface area contributed by atoms with Crippen LogP contribution in [0.15, 0.2) is 29.2 Å². The number of carbonyl (C=O) groups is 1. The number of sulfonamides is 1. The fraction of sp³-hybridized carbons (Fsp3) is 0. The zero-order valence-corrected chi connectivity index (χ0v) is 13.5. The SMILES string of the molecule is O=C1NS(=O)(=O)c2ccccc21.[F-].[F-].[Na+].[Na+]. The molecule has 1 heterocycles. The molecule has 0 aromatic heterocycles. The van der Waals surface area contributed by atoms with Gasteiger partial charge in [0.1, 0.15) is 4.90 Å². The summed E-state index contributed by atoms with van der Waals surface area (Å²) in [7, 11) is -3.55. The Labute approximate surface area is 136 Å². The second-order valence-electron chi connectivity index (χ2n) is 2.43. The molecule has 0 unspecified atom stereocenters. The molecule has 1 aliphatic rings. The predicted molar refractivity (Wildman–Crippen MR) is 41.1 cm³/mol. The van der Waals surface area contributed by atoms with E-state index in [0.29, 0.717) is 0 Å². The molecule has 0 saturated carbocycles. The second kappa shape index (κ2) is 7.75. The van der Waals surface area contributed by atoms with Crippen LogP contribution in [0, 0.1) is 0 Å². The largest absolute Gasteiger partial charge is 1.00 e. The van der Waals surface area contributed by atoms with Crippen LogP contribution in [0.1, 0.15) is 10.4 Å². The first-order valence-corrected chi connectivity index (χ1v) is 4.76. The van der Waals surface area contributed by atoms with E-state index in [2.05, 4.69) is 0 Å². The van der Waals surface area contributed by atoms with Crippen molar-refractivity contribution >= 4 is 15.9 Å². The van der Waals surface area contributed by atoms with E-state index >= 15 is 0 Å². The summed E-state index contributed by atoms with van der Waals surface area (Å²) >= 11 is 0. The molecule has 0 bridgehead atoms. The van der Waals surface area contributed by atoms with Gasteiger partial charge in [-0.1, -0.05) is 12.1 Å². The number of amides is 1. The Kier molecular flexibility index (Phi) is 10.5. The first-order chi connectivity index (χ1) is 5.61. The van der Waals surface area contributed by atoms with Crippen molar-refractivity contribution in [2.45, 2.75) is 4.90 Å². The number of carbonyl (C=O) groups excluding carboxylic acids is 1. The van der Waals surface area contributed by atoms with Crippen molar-refractivity contribution in [1.82, 2.24) is 4.72 Å². The van der Waals surface area contributed by atoms with Crippen LogP contribution in [0.25, 0.3) is 0 Å². The first-order valence-electron chi connectivity index (χ1n) is 3.27. The van der Waals surface area contributed by atoms with Gasteiger partial charge in [-0.05, 0) is 12.1 Å². The molecule has 1 amide bonds. The predicted octanol–water partition coefficient (Wildman–Crippen LogP) is -11.9. The average molecular weight is 267 g/mol. The Morgan fingerprint density at radius 1 is 1.00 bits per heavy atom. The minimum Gasteiger partial charge on any atom is -1.00 e. The summed E-state index contributed by atoms with van der Waals surface area (Å²) in [6, 6.07) is 6.09. The van der Waals surface area contributed by atoms with Gasteiger partial charge in [-0.25, -0.2) is 13.1 Å². The molecule has 0 aliphatic carbocycles. The minimum absolute atomic E-state index is 0. The van der Waals surface area contributed by atoms with Gasteiger partial charge < -0.3 is 9.41 Å². The number of nitrogens with one attached hydrogen (secondary N) is 1. The summed E-state index contributed by atoms with van der Waals surface area (Å²) in [5.74, 6) is -0.550. The first kappa shape index (κ1) is 21.8. The molecular weight excluding hydrogens is 262 g/mol. The maximum Gasteiger partial charge on any atom is 1.00 e. The van der Waals surface area contributed by atoms with E-state index in [1.54, 1.807) is 12.1 Å². The zero-order valence-electron chi connectivity index (χ0n) is 8.70. The zero-order chi connectivity index (χ0) is 8.77. The third-order valence-corrected chi connectivity index (χ3v) is 3.04. The monoisotopic (exact) mass is 267 g/mol. The summed E-state index contributed by atoms with van der Waals surface area (Å²) in [6.45, 7) is 0. The van der Waals surface area contributed by atoms with Crippen molar-refractivity contribution in [3.63, 3.8) is 0 Å². The van der Waals surface area contributed by atoms with Crippen LogP contribution in [-0.2, 0) is 10.0 Å². The van der Waals surface area contributed by atoms with Gasteiger partial charge in [0.25, 0.3) is 15.9 Å². The second-order valence-corrected chi connectivity index (χ2v) is 4.08. The summed E-state index contributed by atoms with van der Waals surface area (Å²) < 4.78 is 24.2. The van der Waals surface area contributed by atoms with Crippen LogP contribution >= 0.6 is 0 Å². The molecule has 1 aliphatic heterocycles. The number of hydrogen-bond acceptors (Lipinski definition) is 3. The normalized spacial score (nSPS) is 13.9. The molecule has 0 atom stereocenters. The number of fused-ring (bicyclic) bond motifs is 1. The van der Waals surface area contributed by atoms with Crippen molar-refractivity contribution in [2.75, 3.05) is 0 Å². The van der Waals surface area contributed by atoms with Crippen molar-refractivity contribution in [1.29, 1.82) is 0 Å². The maximum absolute atomic E-state index is 11.1. The Morgan fingerprint density at radius 2 is 1.50 bits per heavy atom. The average Bonchev–Trinajstić information content (AvgIpc) is 2.25. The summed E-state index contributed by atoms with van der Waals surface area (Å²) in [4.78, 5) is 11.1. The number of rotatable bonds is 0. The van der Waals surface area contributed by atoms with E-state index in [4.69, 9.17) is 0 Å². The van der Waals surface area contributed by atoms with Gasteiger partial charge in [0.15, 0.2) is 0 Å². The fourth-order valence-corrected chi connectivity index (χ4v) is 2.29. The minimum atomic E-state index is -3.55. The van der Waals surface area contributed by atoms with Gasteiger partial charge >= 0.3 is 59.1 Å². The van der Waals surface area contributed by atoms with E-state index in [9.17, 15) is 13.2 Å². The molecule has 16 heavy (non-hydrogen) atoms. The van der Waals surface area contributed by atoms with Crippen LogP contribution in [0.3, 0.4) is 0 Å². The van der Waals surface area contributed by atoms with E-state index in [-0.39, 0.29) is 79.0 Å². The van der Waals surface area contributed by atoms with E-state index in [0.717, 1.165) is 0 Å². The van der Waals surface area contributed by atoms with Gasteiger partial charge in [-0.2, -0.15) is 0 Å². The summed E-state index contributed by atoms with van der Waals surface area (Å²) in [5, 5.41) is 0. The van der Waals surface area contributed by atoms with Crippen molar-refractivity contribution in [3.05, 3.63) is 29.8 Å². The molecule has 2 rings (SSSR count). The van der Waals surface area contributed by atoms with Gasteiger partial charge in [-0.3, -0.25) is 4.79 Å². The molecule has 0 fully saturated rings. The molecule has 1 aromatic rings. The van der Waals surface area contributed by atoms with Gasteiger partial charge in [-0.15, -0.1) is 0 Å². The quantitative estimate of drug-likeness (QED) is 0.475. The van der Waals surface area contributed by atoms with E-state index in [1.807, 2.05) is 4.72 Å². The van der Waals surface area contributed by atoms with Crippen molar-refractivity contribution < 1.29 is 81.7 Å². The Bertz CT molecular complexity index is 466. The topological polar surface area (TPSA) is 63.2 Å². The Balaban J connectivity index is -0.000000422. The van der Waals surface area contributed by atoms with Crippen molar-refractivity contribution in [3.8, 4) is 0 Å². The molecule has 0 radical (unpaired) electrons. The number of halogens is 2. The third kappa shape index (κ3) is 3.76. The maximum atomic E-state index is 11.1. The van der Waals surface area contributed by atoms with Crippen LogP contribution in [-0.4, -0.2) is 14.3 Å².